The number of benzene rings is 4. The van der Waals surface area contributed by atoms with E-state index in [2.05, 4.69) is 91.8 Å². The van der Waals surface area contributed by atoms with E-state index < -0.39 is 11.9 Å². The SMILES string of the molecule is CC(=O)[O-].CC(=O)[O-].CC(C)CCc1cc(C=Nc2cccc3cccc(N=Cc4cc(CCC(C)C)cc(CCC(C)C)c4O)c23)c(O)c(CCC(C)C)c1.[Co+2]. The zero-order valence-electron chi connectivity index (χ0n) is 35.6. The second-order valence-electron chi connectivity index (χ2n) is 16.3. The van der Waals surface area contributed by atoms with Gasteiger partial charge in [0.05, 0.1) is 11.4 Å². The molecule has 0 fully saturated rings. The molecular weight excluding hydrogens is 759 g/mol. The van der Waals surface area contributed by atoms with Gasteiger partial charge in [-0.05, 0) is 141 Å². The number of hydrogen-bond donors (Lipinski definition) is 2. The molecule has 0 bridgehead atoms. The van der Waals surface area contributed by atoms with Crippen molar-refractivity contribution in [2.75, 3.05) is 0 Å². The Kier molecular flexibility index (Phi) is 22.8. The molecule has 0 aliphatic rings. The van der Waals surface area contributed by atoms with Crippen LogP contribution in [-0.2, 0) is 52.1 Å². The van der Waals surface area contributed by atoms with Crippen LogP contribution in [0.4, 0.5) is 11.4 Å². The number of aliphatic carboxylic acids is 2. The average Bonchev–Trinajstić information content (AvgIpc) is 3.11. The van der Waals surface area contributed by atoms with Crippen molar-refractivity contribution < 1.29 is 46.8 Å². The Morgan fingerprint density at radius 1 is 0.579 bits per heavy atom. The summed E-state index contributed by atoms with van der Waals surface area (Å²) in [6.07, 6.45) is 11.5. The van der Waals surface area contributed by atoms with Gasteiger partial charge in [0, 0.05) is 40.9 Å². The van der Waals surface area contributed by atoms with Gasteiger partial charge < -0.3 is 30.0 Å². The fraction of sp³-hybridized carbons (Fsp3) is 0.458. The summed E-state index contributed by atoms with van der Waals surface area (Å²) in [5.74, 6) is 0.833. The van der Waals surface area contributed by atoms with Crippen LogP contribution in [0.1, 0.15) is 128 Å². The van der Waals surface area contributed by atoms with E-state index in [1.165, 1.54) is 11.1 Å². The summed E-state index contributed by atoms with van der Waals surface area (Å²) < 4.78 is 0. The van der Waals surface area contributed by atoms with E-state index in [9.17, 15) is 10.2 Å². The zero-order valence-corrected chi connectivity index (χ0v) is 36.7. The number of fused-ring (bicyclic) bond motifs is 1. The third kappa shape index (κ3) is 19.0. The normalized spacial score (nSPS) is 11.3. The Hall–Kier alpha value is -4.47. The first-order valence-corrected chi connectivity index (χ1v) is 20.0. The van der Waals surface area contributed by atoms with Gasteiger partial charge in [-0.2, -0.15) is 0 Å². The van der Waals surface area contributed by atoms with Crippen LogP contribution in [0.3, 0.4) is 0 Å². The predicted molar refractivity (Wildman–Crippen MR) is 229 cm³/mol. The van der Waals surface area contributed by atoms with Crippen molar-refractivity contribution in [2.24, 2.45) is 33.7 Å². The van der Waals surface area contributed by atoms with Gasteiger partial charge in [0.15, 0.2) is 0 Å². The first kappa shape index (κ1) is 50.5. The maximum atomic E-state index is 11.3. The van der Waals surface area contributed by atoms with Crippen LogP contribution in [0.25, 0.3) is 10.8 Å². The van der Waals surface area contributed by atoms with Crippen molar-refractivity contribution in [1.29, 1.82) is 0 Å². The van der Waals surface area contributed by atoms with Gasteiger partial charge in [0.2, 0.25) is 0 Å². The largest absolute Gasteiger partial charge is 2.00 e. The Morgan fingerprint density at radius 3 is 1.21 bits per heavy atom. The maximum Gasteiger partial charge on any atom is 2.00 e. The van der Waals surface area contributed by atoms with Crippen LogP contribution in [-0.4, -0.2) is 34.6 Å². The van der Waals surface area contributed by atoms with Gasteiger partial charge in [0.1, 0.15) is 11.5 Å². The molecule has 0 saturated carbocycles. The minimum absolute atomic E-state index is 0. The smallest absolute Gasteiger partial charge is 0.550 e. The Morgan fingerprint density at radius 2 is 0.895 bits per heavy atom. The number of carboxylic acids is 2. The number of aliphatic imine (C=N–C) groups is 2. The molecule has 0 atom stereocenters. The first-order chi connectivity index (χ1) is 26.4. The molecule has 0 aromatic heterocycles. The minimum Gasteiger partial charge on any atom is -0.550 e. The number of nitrogens with zero attached hydrogens (tertiary/aromatic N) is 2. The van der Waals surface area contributed by atoms with Crippen molar-refractivity contribution in [2.45, 2.75) is 121 Å². The molecule has 8 nitrogen and oxygen atoms in total. The summed E-state index contributed by atoms with van der Waals surface area (Å²) in [4.78, 5) is 27.7. The molecule has 311 valence electrons. The molecular formula is C48H64CoN2O6. The van der Waals surface area contributed by atoms with E-state index in [0.717, 1.165) is 110 Å². The zero-order chi connectivity index (χ0) is 41.9. The monoisotopic (exact) mass is 823 g/mol. The molecule has 9 heteroatoms. The van der Waals surface area contributed by atoms with Crippen LogP contribution in [0.2, 0.25) is 0 Å². The van der Waals surface area contributed by atoms with Crippen LogP contribution < -0.4 is 10.2 Å². The Labute approximate surface area is 351 Å². The minimum atomic E-state index is -1.08. The number of aromatic hydroxyl groups is 2. The fourth-order valence-corrected chi connectivity index (χ4v) is 6.04. The third-order valence-electron chi connectivity index (χ3n) is 9.11. The number of phenols is 2. The quantitative estimate of drug-likeness (QED) is 0.108. The molecule has 4 rings (SSSR count). The van der Waals surface area contributed by atoms with Gasteiger partial charge in [0.25, 0.3) is 0 Å². The Balaban J connectivity index is 0.00000165. The summed E-state index contributed by atoms with van der Waals surface area (Å²) in [6, 6.07) is 20.8. The molecule has 4 aromatic carbocycles. The third-order valence-corrected chi connectivity index (χ3v) is 9.11. The number of rotatable bonds is 16. The topological polar surface area (TPSA) is 145 Å². The van der Waals surface area contributed by atoms with Crippen LogP contribution in [0, 0.1) is 23.7 Å². The molecule has 0 spiro atoms. The number of carbonyl (C=O) groups excluding carboxylic acids is 2. The van der Waals surface area contributed by atoms with E-state index in [-0.39, 0.29) is 16.8 Å². The molecule has 0 aliphatic carbocycles. The van der Waals surface area contributed by atoms with Gasteiger partial charge in [-0.15, -0.1) is 0 Å². The number of carbonyl (C=O) groups is 2. The first-order valence-electron chi connectivity index (χ1n) is 20.0. The van der Waals surface area contributed by atoms with Crippen molar-refractivity contribution in [1.82, 2.24) is 0 Å². The average molecular weight is 824 g/mol. The second-order valence-corrected chi connectivity index (χ2v) is 16.3. The van der Waals surface area contributed by atoms with E-state index in [0.29, 0.717) is 35.2 Å². The molecule has 0 saturated heterocycles. The van der Waals surface area contributed by atoms with Gasteiger partial charge >= 0.3 is 16.8 Å². The van der Waals surface area contributed by atoms with Gasteiger partial charge in [-0.25, -0.2) is 0 Å². The second kappa shape index (κ2) is 25.7. The number of carboxylic acid groups (broad SMARTS) is 2. The van der Waals surface area contributed by atoms with Crippen LogP contribution in [0.15, 0.2) is 70.6 Å². The van der Waals surface area contributed by atoms with E-state index >= 15 is 0 Å². The van der Waals surface area contributed by atoms with E-state index in [4.69, 9.17) is 29.8 Å². The number of hydrogen-bond acceptors (Lipinski definition) is 8. The molecule has 0 heterocycles. The fourth-order valence-electron chi connectivity index (χ4n) is 6.04. The summed E-state index contributed by atoms with van der Waals surface area (Å²) >= 11 is 0. The standard InChI is InChI=1S/C44H58N2O2.2C2H4O2.Co/c1-29(2)15-19-33-23-36(21-17-31(5)6)43(47)38(25-33)27-45-40-13-9-11-35-12-10-14-41(42(35)40)46-28-39-26-34(20-16-30(3)4)24-37(44(39)48)22-18-32(7)8;2*1-2(3)4;/h9-14,23-32,47-48H,15-22H2,1-8H3;2*1H3,(H,3,4);/q;;;+2/p-2. The number of aryl methyl sites for hydroxylation is 4. The van der Waals surface area contributed by atoms with E-state index in [1.807, 2.05) is 36.7 Å². The van der Waals surface area contributed by atoms with Gasteiger partial charge in [-0.3, -0.25) is 9.98 Å². The van der Waals surface area contributed by atoms with Crippen LogP contribution >= 0.6 is 0 Å². The molecule has 57 heavy (non-hydrogen) atoms. The Bertz CT molecular complexity index is 1790. The summed E-state index contributed by atoms with van der Waals surface area (Å²) in [7, 11) is 0. The summed E-state index contributed by atoms with van der Waals surface area (Å²) in [5.41, 5.74) is 7.58. The molecule has 0 aliphatic heterocycles. The summed E-state index contributed by atoms with van der Waals surface area (Å²) in [5, 5.41) is 42.4. The van der Waals surface area contributed by atoms with Crippen LogP contribution in [0.5, 0.6) is 11.5 Å². The molecule has 0 unspecified atom stereocenters. The molecule has 2 N–H and O–H groups in total. The molecule has 0 amide bonds. The van der Waals surface area contributed by atoms with Crippen molar-refractivity contribution >= 4 is 46.5 Å². The maximum absolute atomic E-state index is 11.3. The predicted octanol–water partition coefficient (Wildman–Crippen LogP) is 9.62. The summed E-state index contributed by atoms with van der Waals surface area (Å²) in [6.45, 7) is 19.8. The van der Waals surface area contributed by atoms with Crippen molar-refractivity contribution in [3.63, 3.8) is 0 Å². The van der Waals surface area contributed by atoms with E-state index in [1.54, 1.807) is 0 Å². The van der Waals surface area contributed by atoms with Gasteiger partial charge in [-0.1, -0.05) is 91.8 Å². The number of phenolic OH excluding ortho intramolecular Hbond substituents is 2. The molecule has 1 radical (unpaired) electrons. The van der Waals surface area contributed by atoms with Crippen molar-refractivity contribution in [3.05, 3.63) is 94.0 Å². The van der Waals surface area contributed by atoms with Crippen molar-refractivity contribution in [3.8, 4) is 11.5 Å². The molecule has 4 aromatic rings.